The number of aromatic amines is 1. The van der Waals surface area contributed by atoms with Gasteiger partial charge in [-0.15, -0.1) is 0 Å². The van der Waals surface area contributed by atoms with E-state index in [4.69, 9.17) is 0 Å². The minimum Gasteiger partial charge on any atom is -0.350 e. The number of rotatable bonds is 6. The highest BCUT2D eigenvalue weighted by Gasteiger charge is 2.16. The maximum absolute atomic E-state index is 11.9. The van der Waals surface area contributed by atoms with Crippen LogP contribution in [0.4, 0.5) is 0 Å². The molecule has 1 heterocycles. The van der Waals surface area contributed by atoms with Crippen LogP contribution in [0.3, 0.4) is 0 Å². The number of hydrogen-bond acceptors (Lipinski definition) is 4. The molecule has 21 heavy (non-hydrogen) atoms. The van der Waals surface area contributed by atoms with Crippen LogP contribution in [0.25, 0.3) is 0 Å². The van der Waals surface area contributed by atoms with E-state index in [2.05, 4.69) is 25.8 Å². The lowest BCUT2D eigenvalue weighted by molar-refractivity contribution is -0.128. The zero-order chi connectivity index (χ0) is 15.1. The molecular weight excluding hydrogens is 270 g/mol. The minimum atomic E-state index is -0.607. The first-order valence-corrected chi connectivity index (χ1v) is 6.60. The summed E-state index contributed by atoms with van der Waals surface area (Å²) in [6, 6.07) is 8.97. The van der Waals surface area contributed by atoms with E-state index in [0.29, 0.717) is 12.4 Å². The van der Waals surface area contributed by atoms with Crippen LogP contribution in [-0.4, -0.2) is 33.0 Å². The highest BCUT2D eigenvalue weighted by atomic mass is 16.2. The molecule has 0 aliphatic carbocycles. The Morgan fingerprint density at radius 3 is 2.71 bits per heavy atom. The first-order chi connectivity index (χ1) is 10.1. The molecule has 0 saturated carbocycles. The molecule has 1 aromatic heterocycles. The summed E-state index contributed by atoms with van der Waals surface area (Å²) in [5.41, 5.74) is 1.01. The third kappa shape index (κ3) is 4.72. The van der Waals surface area contributed by atoms with Crippen LogP contribution in [0.1, 0.15) is 18.3 Å². The molecule has 110 valence electrons. The number of carbonyl (C=O) groups is 2. The van der Waals surface area contributed by atoms with Gasteiger partial charge in [0.2, 0.25) is 11.8 Å². The molecule has 1 atom stereocenters. The Kier molecular flexibility index (Phi) is 5.03. The molecule has 0 fully saturated rings. The fourth-order valence-electron chi connectivity index (χ4n) is 1.76. The molecule has 7 nitrogen and oxygen atoms in total. The van der Waals surface area contributed by atoms with Gasteiger partial charge in [0.15, 0.2) is 0 Å². The second-order valence-corrected chi connectivity index (χ2v) is 4.60. The van der Waals surface area contributed by atoms with Gasteiger partial charge in [0.1, 0.15) is 18.2 Å². The number of H-pyrrole nitrogens is 1. The number of amides is 2. The molecular formula is C14H17N5O2. The maximum atomic E-state index is 11.9. The van der Waals surface area contributed by atoms with Gasteiger partial charge in [-0.25, -0.2) is 4.98 Å². The smallest absolute Gasteiger partial charge is 0.242 e. The van der Waals surface area contributed by atoms with Gasteiger partial charge in [0.05, 0.1) is 6.42 Å². The van der Waals surface area contributed by atoms with Gasteiger partial charge >= 0.3 is 0 Å². The zero-order valence-electron chi connectivity index (χ0n) is 11.7. The highest BCUT2D eigenvalue weighted by Crippen LogP contribution is 1.97. The number of nitrogens with zero attached hydrogens (tertiary/aromatic N) is 2. The molecule has 0 radical (unpaired) electrons. The van der Waals surface area contributed by atoms with E-state index >= 15 is 0 Å². The normalized spacial score (nSPS) is 11.7. The van der Waals surface area contributed by atoms with Gasteiger partial charge in [0.25, 0.3) is 0 Å². The summed E-state index contributed by atoms with van der Waals surface area (Å²) < 4.78 is 0. The van der Waals surface area contributed by atoms with Crippen molar-refractivity contribution >= 4 is 11.8 Å². The van der Waals surface area contributed by atoms with E-state index in [1.54, 1.807) is 6.92 Å². The molecule has 7 heteroatoms. The van der Waals surface area contributed by atoms with Crippen molar-refractivity contribution < 1.29 is 9.59 Å². The Labute approximate surface area is 122 Å². The molecule has 2 amide bonds. The summed E-state index contributed by atoms with van der Waals surface area (Å²) in [6.07, 6.45) is 1.40. The molecule has 0 aliphatic rings. The molecule has 0 bridgehead atoms. The summed E-state index contributed by atoms with van der Waals surface area (Å²) in [4.78, 5) is 27.5. The minimum absolute atomic E-state index is 0.0658. The fourth-order valence-corrected chi connectivity index (χ4v) is 1.76. The largest absolute Gasteiger partial charge is 0.350 e. The van der Waals surface area contributed by atoms with Crippen LogP contribution in [0.15, 0.2) is 36.7 Å². The number of benzene rings is 1. The lowest BCUT2D eigenvalue weighted by Gasteiger charge is -2.13. The molecule has 0 spiro atoms. The molecule has 1 unspecified atom stereocenters. The summed E-state index contributed by atoms with van der Waals surface area (Å²) in [5.74, 6) is -0.0525. The van der Waals surface area contributed by atoms with Crippen molar-refractivity contribution in [2.75, 3.05) is 0 Å². The van der Waals surface area contributed by atoms with E-state index in [0.717, 1.165) is 5.56 Å². The Morgan fingerprint density at radius 2 is 2.05 bits per heavy atom. The third-order valence-electron chi connectivity index (χ3n) is 2.87. The van der Waals surface area contributed by atoms with Crippen LogP contribution in [-0.2, 0) is 22.6 Å². The van der Waals surface area contributed by atoms with Gasteiger partial charge in [-0.3, -0.25) is 14.7 Å². The molecule has 3 N–H and O–H groups in total. The van der Waals surface area contributed by atoms with Crippen LogP contribution >= 0.6 is 0 Å². The van der Waals surface area contributed by atoms with E-state index in [1.165, 1.54) is 6.33 Å². The Morgan fingerprint density at radius 1 is 1.29 bits per heavy atom. The maximum Gasteiger partial charge on any atom is 0.242 e. The zero-order valence-corrected chi connectivity index (χ0v) is 11.7. The van der Waals surface area contributed by atoms with Gasteiger partial charge in [0, 0.05) is 6.54 Å². The number of carbonyl (C=O) groups excluding carboxylic acids is 2. The predicted octanol–water partition coefficient (Wildman–Crippen LogP) is 0.168. The average molecular weight is 287 g/mol. The van der Waals surface area contributed by atoms with Crippen molar-refractivity contribution in [3.63, 3.8) is 0 Å². The number of aromatic nitrogens is 3. The SMILES string of the molecule is CC(NC(=O)Cc1ncn[nH]1)C(=O)NCc1ccccc1. The lowest BCUT2D eigenvalue weighted by atomic mass is 10.2. The van der Waals surface area contributed by atoms with Crippen LogP contribution in [0.2, 0.25) is 0 Å². The standard InChI is InChI=1S/C14H17N5O2/c1-10(18-13(20)7-12-16-9-17-19-12)14(21)15-8-11-5-3-2-4-6-11/h2-6,9-10H,7-8H2,1H3,(H,15,21)(H,18,20)(H,16,17,19). The summed E-state index contributed by atoms with van der Waals surface area (Å²) in [7, 11) is 0. The monoisotopic (exact) mass is 287 g/mol. The van der Waals surface area contributed by atoms with Crippen molar-refractivity contribution in [3.05, 3.63) is 48.0 Å². The lowest BCUT2D eigenvalue weighted by Crippen LogP contribution is -2.45. The predicted molar refractivity (Wildman–Crippen MR) is 76.0 cm³/mol. The van der Waals surface area contributed by atoms with Gasteiger partial charge in [-0.1, -0.05) is 30.3 Å². The van der Waals surface area contributed by atoms with Crippen LogP contribution in [0, 0.1) is 0 Å². The summed E-state index contributed by atoms with van der Waals surface area (Å²) in [5, 5.41) is 11.6. The van der Waals surface area contributed by atoms with Crippen molar-refractivity contribution in [2.24, 2.45) is 0 Å². The van der Waals surface area contributed by atoms with E-state index < -0.39 is 6.04 Å². The molecule has 0 saturated heterocycles. The van der Waals surface area contributed by atoms with Crippen molar-refractivity contribution in [2.45, 2.75) is 25.9 Å². The molecule has 0 aliphatic heterocycles. The van der Waals surface area contributed by atoms with E-state index in [1.807, 2.05) is 30.3 Å². The Bertz CT molecular complexity index is 583. The Balaban J connectivity index is 1.75. The first-order valence-electron chi connectivity index (χ1n) is 6.60. The summed E-state index contributed by atoms with van der Waals surface area (Å²) in [6.45, 7) is 2.07. The first kappa shape index (κ1) is 14.7. The fraction of sp³-hybridized carbons (Fsp3) is 0.286. The third-order valence-corrected chi connectivity index (χ3v) is 2.87. The molecule has 2 rings (SSSR count). The average Bonchev–Trinajstić information content (AvgIpc) is 2.98. The molecule has 1 aromatic carbocycles. The van der Waals surface area contributed by atoms with Gasteiger partial charge in [-0.05, 0) is 12.5 Å². The highest BCUT2D eigenvalue weighted by molar-refractivity contribution is 5.87. The van der Waals surface area contributed by atoms with Crippen LogP contribution in [0.5, 0.6) is 0 Å². The number of hydrogen-bond donors (Lipinski definition) is 3. The number of nitrogens with one attached hydrogen (secondary N) is 3. The topological polar surface area (TPSA) is 99.8 Å². The van der Waals surface area contributed by atoms with E-state index in [-0.39, 0.29) is 18.2 Å². The Hall–Kier alpha value is -2.70. The van der Waals surface area contributed by atoms with Crippen molar-refractivity contribution in [3.8, 4) is 0 Å². The van der Waals surface area contributed by atoms with Crippen molar-refractivity contribution in [1.29, 1.82) is 0 Å². The molecule has 2 aromatic rings. The van der Waals surface area contributed by atoms with Gasteiger partial charge < -0.3 is 10.6 Å². The van der Waals surface area contributed by atoms with Gasteiger partial charge in [-0.2, -0.15) is 5.10 Å². The van der Waals surface area contributed by atoms with Crippen molar-refractivity contribution in [1.82, 2.24) is 25.8 Å². The van der Waals surface area contributed by atoms with Crippen LogP contribution < -0.4 is 10.6 Å². The van der Waals surface area contributed by atoms with E-state index in [9.17, 15) is 9.59 Å². The second-order valence-electron chi connectivity index (χ2n) is 4.60. The quantitative estimate of drug-likeness (QED) is 0.705. The second kappa shape index (κ2) is 7.18. The summed E-state index contributed by atoms with van der Waals surface area (Å²) >= 11 is 0.